The van der Waals surface area contributed by atoms with Crippen LogP contribution in [0.4, 0.5) is 0 Å². The predicted octanol–water partition coefficient (Wildman–Crippen LogP) is 2.06. The van der Waals surface area contributed by atoms with Gasteiger partial charge in [-0.15, -0.1) is 0 Å². The van der Waals surface area contributed by atoms with Gasteiger partial charge in [0.2, 0.25) is 0 Å². The summed E-state index contributed by atoms with van der Waals surface area (Å²) in [4.78, 5) is 0. The van der Waals surface area contributed by atoms with Crippen LogP contribution in [0.15, 0.2) is 0 Å². The van der Waals surface area contributed by atoms with E-state index in [1.54, 1.807) is 0 Å². The summed E-state index contributed by atoms with van der Waals surface area (Å²) >= 11 is 0. The fourth-order valence-corrected chi connectivity index (χ4v) is 1.02. The number of hydrogen-bond donors (Lipinski definition) is 0. The van der Waals surface area contributed by atoms with E-state index in [0.29, 0.717) is 0 Å². The van der Waals surface area contributed by atoms with Crippen molar-refractivity contribution in [1.29, 1.82) is 0 Å². The van der Waals surface area contributed by atoms with Gasteiger partial charge in [-0.05, 0) is 0 Å². The van der Waals surface area contributed by atoms with Crippen molar-refractivity contribution >= 4 is 14.0 Å². The molecule has 0 nitrogen and oxygen atoms in total. The minimum atomic E-state index is 0.863. The fourth-order valence-electron chi connectivity index (χ4n) is 1.02. The minimum absolute atomic E-state index is 0.863. The van der Waals surface area contributed by atoms with Crippen LogP contribution < -0.4 is 0 Å². The lowest BCUT2D eigenvalue weighted by atomic mass is 9.53. The van der Waals surface area contributed by atoms with E-state index < -0.39 is 0 Å². The van der Waals surface area contributed by atoms with Crippen LogP contribution >= 0.6 is 0 Å². The Hall–Kier alpha value is 0.130. The third kappa shape index (κ3) is 1.94. The zero-order chi connectivity index (χ0) is 5.98. The summed E-state index contributed by atoms with van der Waals surface area (Å²) < 4.78 is 0. The third-order valence-electron chi connectivity index (χ3n) is 1.97. The normalized spacial score (nSPS) is 20.5. The molecule has 0 N–H and O–H groups in total. The molecule has 1 aliphatic heterocycles. The van der Waals surface area contributed by atoms with Gasteiger partial charge in [-0.3, -0.25) is 0 Å². The molecule has 0 saturated carbocycles. The fraction of sp³-hybridized carbons (Fsp3) is 1.00. The lowest BCUT2D eigenvalue weighted by Crippen LogP contribution is -1.98. The summed E-state index contributed by atoms with van der Waals surface area (Å²) in [5, 5.41) is 0. The van der Waals surface area contributed by atoms with Gasteiger partial charge in [-0.2, -0.15) is 0 Å². The molecule has 0 spiro atoms. The molecule has 1 atom stereocenters. The van der Waals surface area contributed by atoms with Gasteiger partial charge in [0.25, 0.3) is 0 Å². The topological polar surface area (TPSA) is 0 Å². The Bertz CT molecular complexity index is 68.9. The van der Waals surface area contributed by atoms with Crippen LogP contribution in [-0.4, -0.2) is 14.0 Å². The average Bonchev–Trinajstić information content (AvgIpc) is 2.50. The smallest absolute Gasteiger partial charge is 0.0918 e. The zero-order valence-corrected chi connectivity index (χ0v) is 5.85. The van der Waals surface area contributed by atoms with Gasteiger partial charge >= 0.3 is 0 Å². The van der Waals surface area contributed by atoms with Crippen LogP contribution in [0.2, 0.25) is 31.6 Å². The van der Waals surface area contributed by atoms with Gasteiger partial charge in [0.05, 0.1) is 0 Å². The lowest BCUT2D eigenvalue weighted by Gasteiger charge is -2.01. The maximum Gasteiger partial charge on any atom is 0.138 e. The van der Waals surface area contributed by atoms with Crippen molar-refractivity contribution in [2.24, 2.45) is 0 Å². The largest absolute Gasteiger partial charge is 0.138 e. The van der Waals surface area contributed by atoms with Crippen LogP contribution in [0.25, 0.3) is 0 Å². The van der Waals surface area contributed by atoms with E-state index in [1.165, 1.54) is 19.0 Å². The number of hydrogen-bond acceptors (Lipinski definition) is 0. The van der Waals surface area contributed by atoms with Crippen molar-refractivity contribution < 1.29 is 0 Å². The second-order valence-electron chi connectivity index (χ2n) is 2.99. The van der Waals surface area contributed by atoms with Crippen molar-refractivity contribution in [2.45, 2.75) is 38.5 Å². The van der Waals surface area contributed by atoms with Crippen LogP contribution in [0.3, 0.4) is 0 Å². The molecule has 1 heterocycles. The van der Waals surface area contributed by atoms with Crippen LogP contribution in [-0.2, 0) is 0 Å². The first-order valence-corrected chi connectivity index (χ1v) is 3.62. The van der Waals surface area contributed by atoms with E-state index in [4.69, 9.17) is 0 Å². The summed E-state index contributed by atoms with van der Waals surface area (Å²) in [6, 6.07) is 0. The first-order chi connectivity index (χ1) is 3.83. The maximum absolute atomic E-state index is 2.30. The highest BCUT2D eigenvalue weighted by Crippen LogP contribution is 2.30. The Labute approximate surface area is 53.4 Å². The van der Waals surface area contributed by atoms with Gasteiger partial charge in [-0.25, -0.2) is 0 Å². The zero-order valence-electron chi connectivity index (χ0n) is 5.85. The second-order valence-corrected chi connectivity index (χ2v) is 2.99. The molecule has 1 aliphatic rings. The molecular weight excluding hydrogens is 93.7 g/mol. The quantitative estimate of drug-likeness (QED) is 0.484. The molecule has 0 bridgehead atoms. The number of rotatable bonds is 3. The highest BCUT2D eigenvalue weighted by atomic mass is 14.0. The van der Waals surface area contributed by atoms with E-state index in [2.05, 4.69) is 21.0 Å². The monoisotopic (exact) mass is 107 g/mol. The van der Waals surface area contributed by atoms with E-state index in [1.807, 2.05) is 0 Å². The molecule has 0 amide bonds. The van der Waals surface area contributed by atoms with Gasteiger partial charge in [-0.1, -0.05) is 38.5 Å². The molecule has 1 radical (unpaired) electrons. The summed E-state index contributed by atoms with van der Waals surface area (Å²) in [6.07, 6.45) is 4.44. The summed E-state index contributed by atoms with van der Waals surface area (Å²) in [6.45, 7) is 5.56. The molecule has 1 rings (SSSR count). The molecular formula is C6H13B2. The Kier molecular flexibility index (Phi) is 2.04. The molecule has 1 unspecified atom stereocenters. The van der Waals surface area contributed by atoms with Gasteiger partial charge in [0.1, 0.15) is 14.0 Å². The molecule has 0 aromatic carbocycles. The van der Waals surface area contributed by atoms with E-state index in [9.17, 15) is 0 Å². The first-order valence-electron chi connectivity index (χ1n) is 3.62. The van der Waals surface area contributed by atoms with Gasteiger partial charge in [0.15, 0.2) is 0 Å². The summed E-state index contributed by atoms with van der Waals surface area (Å²) in [7, 11) is 2.30. The Balaban J connectivity index is 1.98. The maximum atomic E-state index is 2.30. The van der Waals surface area contributed by atoms with Crippen molar-refractivity contribution in [2.75, 3.05) is 0 Å². The highest BCUT2D eigenvalue weighted by molar-refractivity contribution is 6.70. The van der Waals surface area contributed by atoms with Crippen molar-refractivity contribution in [3.8, 4) is 0 Å². The third-order valence-corrected chi connectivity index (χ3v) is 1.97. The van der Waals surface area contributed by atoms with Crippen molar-refractivity contribution in [3.63, 3.8) is 0 Å². The summed E-state index contributed by atoms with van der Waals surface area (Å²) in [5.74, 6) is 0.863. The van der Waals surface area contributed by atoms with Crippen LogP contribution in [0.5, 0.6) is 0 Å². The highest BCUT2D eigenvalue weighted by Gasteiger charge is 2.26. The molecule has 0 aromatic rings. The Morgan fingerprint density at radius 3 is 2.62 bits per heavy atom. The average molecular weight is 107 g/mol. The van der Waals surface area contributed by atoms with Crippen molar-refractivity contribution in [1.82, 2.24) is 0 Å². The molecule has 0 aromatic heterocycles. The van der Waals surface area contributed by atoms with Gasteiger partial charge in [0, 0.05) is 0 Å². The van der Waals surface area contributed by atoms with E-state index in [0.717, 1.165) is 12.5 Å². The minimum Gasteiger partial charge on any atom is -0.0918 e. The van der Waals surface area contributed by atoms with E-state index in [-0.39, 0.29) is 0 Å². The van der Waals surface area contributed by atoms with Crippen LogP contribution in [0.1, 0.15) is 6.92 Å². The first kappa shape index (κ1) is 6.25. The Morgan fingerprint density at radius 1 is 1.62 bits per heavy atom. The van der Waals surface area contributed by atoms with Crippen molar-refractivity contribution in [3.05, 3.63) is 0 Å². The van der Waals surface area contributed by atoms with Gasteiger partial charge < -0.3 is 0 Å². The molecule has 8 heavy (non-hydrogen) atoms. The Morgan fingerprint density at radius 2 is 2.25 bits per heavy atom. The lowest BCUT2D eigenvalue weighted by molar-refractivity contribution is 1.05. The SMILES string of the molecule is C[B]C(C)CB1CC1. The standard InChI is InChI=1S/C6H13B2/c1-6(7-2)5-8-3-4-8/h6H,3-5H2,1-2H3. The molecule has 0 aliphatic carbocycles. The predicted molar refractivity (Wildman–Crippen MR) is 41.2 cm³/mol. The molecule has 1 saturated heterocycles. The van der Waals surface area contributed by atoms with E-state index >= 15 is 0 Å². The second kappa shape index (κ2) is 2.61. The summed E-state index contributed by atoms with van der Waals surface area (Å²) in [5.41, 5.74) is 0. The molecule has 43 valence electrons. The molecule has 2 heteroatoms. The van der Waals surface area contributed by atoms with Crippen LogP contribution in [0, 0.1) is 0 Å². The molecule has 1 fully saturated rings.